The molecule has 0 atom stereocenters. The van der Waals surface area contributed by atoms with Crippen molar-refractivity contribution in [3.63, 3.8) is 0 Å². The molecule has 0 saturated carbocycles. The number of likely N-dealkylation sites (N-methyl/N-ethyl adjacent to an activating group) is 1. The number of aryl methyl sites for hydroxylation is 1. The van der Waals surface area contributed by atoms with Gasteiger partial charge in [-0.3, -0.25) is 9.59 Å². The van der Waals surface area contributed by atoms with Gasteiger partial charge in [-0.2, -0.15) is 0 Å². The first-order chi connectivity index (χ1) is 18.0. The molecule has 0 spiro atoms. The number of rotatable bonds is 10. The number of carboxylic acid groups (broad SMARTS) is 2. The van der Waals surface area contributed by atoms with Crippen LogP contribution in [-0.2, 0) is 20.8 Å². The summed E-state index contributed by atoms with van der Waals surface area (Å²) in [6.45, 7) is 3.26. The summed E-state index contributed by atoms with van der Waals surface area (Å²) in [6.07, 6.45) is 1.25. The molecular formula is C27H31N3O8. The smallest absolute Gasteiger partial charge is 0.328 e. The Kier molecular flexibility index (Phi) is 11.0. The van der Waals surface area contributed by atoms with Crippen LogP contribution in [0.15, 0.2) is 54.6 Å². The Balaban J connectivity index is 0.000000550. The number of carbonyl (C=O) groups excluding carboxylic acids is 2. The fraction of sp³-hybridized carbons (Fsp3) is 0.259. The molecule has 0 unspecified atom stereocenters. The van der Waals surface area contributed by atoms with Crippen molar-refractivity contribution >= 4 is 34.7 Å². The van der Waals surface area contributed by atoms with Crippen molar-refractivity contribution < 1.29 is 38.9 Å². The van der Waals surface area contributed by atoms with E-state index >= 15 is 0 Å². The van der Waals surface area contributed by atoms with Crippen molar-refractivity contribution in [3.8, 4) is 11.5 Å². The number of carboxylic acids is 2. The van der Waals surface area contributed by atoms with Crippen LogP contribution in [-0.4, -0.2) is 78.2 Å². The number of nitrogens with zero attached hydrogens (tertiary/aromatic N) is 1. The Morgan fingerprint density at radius 1 is 0.974 bits per heavy atom. The highest BCUT2D eigenvalue weighted by Gasteiger charge is 2.15. The van der Waals surface area contributed by atoms with Crippen LogP contribution in [0, 0.1) is 6.92 Å². The van der Waals surface area contributed by atoms with E-state index in [-0.39, 0.29) is 18.3 Å². The molecule has 1 heterocycles. The molecule has 202 valence electrons. The van der Waals surface area contributed by atoms with E-state index in [1.807, 2.05) is 44.1 Å². The number of methoxy groups -OCH3 is 1. The van der Waals surface area contributed by atoms with E-state index in [2.05, 4.69) is 10.3 Å². The van der Waals surface area contributed by atoms with Gasteiger partial charge in [-0.25, -0.2) is 9.59 Å². The summed E-state index contributed by atoms with van der Waals surface area (Å²) in [6, 6.07) is 12.3. The predicted molar refractivity (Wildman–Crippen MR) is 141 cm³/mol. The van der Waals surface area contributed by atoms with Gasteiger partial charge in [-0.1, -0.05) is 0 Å². The number of aromatic amines is 1. The number of hydrogen-bond acceptors (Lipinski definition) is 7. The molecule has 0 aliphatic heterocycles. The summed E-state index contributed by atoms with van der Waals surface area (Å²) >= 11 is 0. The number of aliphatic carboxylic acids is 2. The Bertz CT molecular complexity index is 1290. The Morgan fingerprint density at radius 2 is 1.58 bits per heavy atom. The van der Waals surface area contributed by atoms with Gasteiger partial charge in [0, 0.05) is 47.4 Å². The highest BCUT2D eigenvalue weighted by atomic mass is 16.5. The summed E-state index contributed by atoms with van der Waals surface area (Å²) in [5, 5.41) is 19.4. The number of fused-ring (bicyclic) bond motifs is 1. The van der Waals surface area contributed by atoms with Gasteiger partial charge in [-0.15, -0.1) is 0 Å². The zero-order chi connectivity index (χ0) is 28.2. The Labute approximate surface area is 219 Å². The molecule has 3 aromatic rings. The first-order valence-electron chi connectivity index (χ1n) is 11.5. The number of benzene rings is 2. The number of esters is 1. The molecule has 1 aromatic heterocycles. The predicted octanol–water partition coefficient (Wildman–Crippen LogP) is 2.64. The second-order valence-electron chi connectivity index (χ2n) is 8.38. The number of nitrogens with one attached hydrogen (secondary N) is 2. The maximum Gasteiger partial charge on any atom is 0.328 e. The minimum absolute atomic E-state index is 0.131. The number of H-pyrrole nitrogens is 1. The minimum atomic E-state index is -1.26. The average molecular weight is 526 g/mol. The second-order valence-corrected chi connectivity index (χ2v) is 8.38. The third-order valence-electron chi connectivity index (χ3n) is 5.21. The lowest BCUT2D eigenvalue weighted by Crippen LogP contribution is -2.31. The molecule has 11 nitrogen and oxygen atoms in total. The van der Waals surface area contributed by atoms with E-state index < -0.39 is 11.9 Å². The minimum Gasteiger partial charge on any atom is -0.497 e. The van der Waals surface area contributed by atoms with Crippen molar-refractivity contribution in [2.75, 3.05) is 34.3 Å². The summed E-state index contributed by atoms with van der Waals surface area (Å²) in [7, 11) is 5.51. The fourth-order valence-corrected chi connectivity index (χ4v) is 3.34. The second kappa shape index (κ2) is 14.2. The lowest BCUT2D eigenvalue weighted by molar-refractivity contribution is -0.134. The molecule has 38 heavy (non-hydrogen) atoms. The van der Waals surface area contributed by atoms with Crippen LogP contribution in [0.3, 0.4) is 0 Å². The first-order valence-corrected chi connectivity index (χ1v) is 11.5. The van der Waals surface area contributed by atoms with Gasteiger partial charge in [0.15, 0.2) is 0 Å². The molecular weight excluding hydrogens is 494 g/mol. The Hall–Kier alpha value is -4.64. The number of carbonyl (C=O) groups is 4. The van der Waals surface area contributed by atoms with Gasteiger partial charge in [0.1, 0.15) is 11.5 Å². The van der Waals surface area contributed by atoms with Crippen LogP contribution in [0.25, 0.3) is 10.9 Å². The van der Waals surface area contributed by atoms with Crippen molar-refractivity contribution in [2.45, 2.75) is 13.3 Å². The largest absolute Gasteiger partial charge is 0.497 e. The highest BCUT2D eigenvalue weighted by Crippen LogP contribution is 2.27. The average Bonchev–Trinajstić information content (AvgIpc) is 3.17. The van der Waals surface area contributed by atoms with Crippen LogP contribution in [0.2, 0.25) is 0 Å². The molecule has 3 rings (SSSR count). The van der Waals surface area contributed by atoms with Crippen molar-refractivity contribution in [1.29, 1.82) is 0 Å². The number of amides is 1. The van der Waals surface area contributed by atoms with Crippen LogP contribution in [0.4, 0.5) is 0 Å². The van der Waals surface area contributed by atoms with Crippen LogP contribution < -0.4 is 14.8 Å². The van der Waals surface area contributed by atoms with Gasteiger partial charge in [-0.05, 0) is 69.0 Å². The van der Waals surface area contributed by atoms with E-state index in [1.54, 1.807) is 31.4 Å². The SMILES string of the molecule is COc1ccc2[nH]c(C)c(CC(=O)Oc3ccc(C(=O)NCCN(C)C)cc3)c2c1.O=C(O)/C=C\C(=O)O. The lowest BCUT2D eigenvalue weighted by Gasteiger charge is -2.10. The molecule has 0 aliphatic carbocycles. The fourth-order valence-electron chi connectivity index (χ4n) is 3.34. The van der Waals surface area contributed by atoms with Gasteiger partial charge >= 0.3 is 17.9 Å². The van der Waals surface area contributed by atoms with Gasteiger partial charge < -0.3 is 34.9 Å². The van der Waals surface area contributed by atoms with Crippen LogP contribution in [0.1, 0.15) is 21.6 Å². The molecule has 2 aromatic carbocycles. The molecule has 0 fully saturated rings. The maximum absolute atomic E-state index is 12.5. The van der Waals surface area contributed by atoms with Crippen LogP contribution >= 0.6 is 0 Å². The van der Waals surface area contributed by atoms with E-state index in [1.165, 1.54) is 0 Å². The monoisotopic (exact) mass is 525 g/mol. The van der Waals surface area contributed by atoms with Crippen molar-refractivity contribution in [2.24, 2.45) is 0 Å². The van der Waals surface area contributed by atoms with Gasteiger partial charge in [0.2, 0.25) is 0 Å². The van der Waals surface area contributed by atoms with E-state index in [0.717, 1.165) is 34.5 Å². The number of aromatic nitrogens is 1. The van der Waals surface area contributed by atoms with E-state index in [4.69, 9.17) is 19.7 Å². The third-order valence-corrected chi connectivity index (χ3v) is 5.21. The molecule has 11 heteroatoms. The maximum atomic E-state index is 12.5. The first kappa shape index (κ1) is 29.6. The number of ether oxygens (including phenoxy) is 2. The normalized spacial score (nSPS) is 10.7. The molecule has 1 amide bonds. The van der Waals surface area contributed by atoms with Crippen molar-refractivity contribution in [3.05, 3.63) is 71.4 Å². The zero-order valence-corrected chi connectivity index (χ0v) is 21.6. The van der Waals surface area contributed by atoms with E-state index in [0.29, 0.717) is 30.0 Å². The topological polar surface area (TPSA) is 158 Å². The highest BCUT2D eigenvalue weighted by molar-refractivity contribution is 5.94. The Morgan fingerprint density at radius 3 is 2.13 bits per heavy atom. The van der Waals surface area contributed by atoms with Gasteiger partial charge in [0.05, 0.1) is 13.5 Å². The lowest BCUT2D eigenvalue weighted by atomic mass is 10.1. The summed E-state index contributed by atoms with van der Waals surface area (Å²) < 4.78 is 10.8. The standard InChI is InChI=1S/C23H27N3O4.C4H4O4/c1-15-19(20-13-18(29-4)9-10-21(20)25-15)14-22(27)30-17-7-5-16(6-8-17)23(28)24-11-12-26(2)3;5-3(6)1-2-4(7)8/h5-10,13,25H,11-12,14H2,1-4H3,(H,24,28);1-2H,(H,5,6)(H,7,8)/b;2-1-. The van der Waals surface area contributed by atoms with Gasteiger partial charge in [0.25, 0.3) is 5.91 Å². The quantitative estimate of drug-likeness (QED) is 0.177. The molecule has 0 bridgehead atoms. The summed E-state index contributed by atoms with van der Waals surface area (Å²) in [5.74, 6) is -1.90. The summed E-state index contributed by atoms with van der Waals surface area (Å²) in [4.78, 5) is 49.0. The third kappa shape index (κ3) is 9.43. The molecule has 0 radical (unpaired) electrons. The van der Waals surface area contributed by atoms with Crippen LogP contribution in [0.5, 0.6) is 11.5 Å². The zero-order valence-electron chi connectivity index (χ0n) is 21.6. The van der Waals surface area contributed by atoms with E-state index in [9.17, 15) is 19.2 Å². The summed E-state index contributed by atoms with van der Waals surface area (Å²) in [5.41, 5.74) is 3.26. The van der Waals surface area contributed by atoms with Crippen molar-refractivity contribution in [1.82, 2.24) is 15.2 Å². The molecule has 0 aliphatic rings. The molecule has 0 saturated heterocycles. The molecule has 4 N–H and O–H groups in total. The number of hydrogen-bond donors (Lipinski definition) is 4.